The highest BCUT2D eigenvalue weighted by Gasteiger charge is 2.19. The lowest BCUT2D eigenvalue weighted by atomic mass is 10.0. The minimum absolute atomic E-state index is 0.0572. The normalized spacial score (nSPS) is 12.0. The summed E-state index contributed by atoms with van der Waals surface area (Å²) in [7, 11) is 3.75. The number of carboxylic acids is 1. The molecule has 1 heterocycles. The highest BCUT2D eigenvalue weighted by Crippen LogP contribution is 2.24. The van der Waals surface area contributed by atoms with Crippen LogP contribution in [0.15, 0.2) is 27.4 Å². The number of carbonyl (C=O) groups excluding carboxylic acids is 1. The summed E-state index contributed by atoms with van der Waals surface area (Å²) < 4.78 is 5.31. The fourth-order valence-corrected chi connectivity index (χ4v) is 3.09. The second-order valence-electron chi connectivity index (χ2n) is 5.93. The maximum Gasteiger partial charge on any atom is 0.349 e. The Hall–Kier alpha value is -2.52. The molecule has 8 nitrogen and oxygen atoms in total. The van der Waals surface area contributed by atoms with Crippen molar-refractivity contribution in [1.29, 1.82) is 0 Å². The lowest BCUT2D eigenvalue weighted by Gasteiger charge is -2.14. The summed E-state index contributed by atoms with van der Waals surface area (Å²) >= 11 is 1.16. The van der Waals surface area contributed by atoms with E-state index in [1.165, 1.54) is 0 Å². The average molecular weight is 379 g/mol. The molecule has 0 bridgehead atoms. The summed E-state index contributed by atoms with van der Waals surface area (Å²) in [5.41, 5.74) is 6.44. The van der Waals surface area contributed by atoms with Gasteiger partial charge in [-0.15, -0.1) is 11.8 Å². The smallest absolute Gasteiger partial charge is 0.349 e. The number of fused-ring (bicyclic) bond motifs is 1. The molecule has 2 rings (SSSR count). The van der Waals surface area contributed by atoms with Crippen LogP contribution in [-0.4, -0.2) is 48.7 Å². The molecule has 1 atom stereocenters. The molecular formula is C17H21N3O5S. The molecule has 1 aromatic carbocycles. The third kappa shape index (κ3) is 4.36. The topological polar surface area (TPSA) is 126 Å². The molecular weight excluding hydrogens is 358 g/mol. The molecule has 0 aliphatic rings. The number of benzene rings is 1. The molecule has 0 unspecified atom stereocenters. The van der Waals surface area contributed by atoms with Gasteiger partial charge in [0.05, 0.1) is 5.88 Å². The van der Waals surface area contributed by atoms with E-state index >= 15 is 0 Å². The Morgan fingerprint density at radius 3 is 2.69 bits per heavy atom. The van der Waals surface area contributed by atoms with Crippen LogP contribution >= 0.6 is 11.8 Å². The average Bonchev–Trinajstić information content (AvgIpc) is 2.57. The van der Waals surface area contributed by atoms with E-state index in [-0.39, 0.29) is 17.2 Å². The van der Waals surface area contributed by atoms with Crippen molar-refractivity contribution in [1.82, 2.24) is 5.32 Å². The molecule has 0 aliphatic heterocycles. The number of nitrogens with one attached hydrogen (secondary N) is 1. The van der Waals surface area contributed by atoms with E-state index in [0.29, 0.717) is 16.5 Å². The van der Waals surface area contributed by atoms with Gasteiger partial charge in [0, 0.05) is 37.0 Å². The van der Waals surface area contributed by atoms with Gasteiger partial charge in [-0.1, -0.05) is 0 Å². The SMILES string of the molecule is Cc1c(C(=O)NCSC[C@H](N)C(=O)O)c(=O)oc2cc(N(C)C)ccc12. The van der Waals surface area contributed by atoms with E-state index in [0.717, 1.165) is 17.4 Å². The van der Waals surface area contributed by atoms with Crippen molar-refractivity contribution in [2.24, 2.45) is 5.73 Å². The molecule has 1 amide bonds. The van der Waals surface area contributed by atoms with Crippen molar-refractivity contribution in [3.05, 3.63) is 39.7 Å². The quantitative estimate of drug-likeness (QED) is 0.369. The van der Waals surface area contributed by atoms with E-state index in [9.17, 15) is 14.4 Å². The zero-order valence-electron chi connectivity index (χ0n) is 14.7. The number of hydrogen-bond donors (Lipinski definition) is 3. The van der Waals surface area contributed by atoms with Crippen LogP contribution in [0.5, 0.6) is 0 Å². The minimum atomic E-state index is -1.10. The first kappa shape index (κ1) is 19.8. The maximum absolute atomic E-state index is 12.3. The highest BCUT2D eigenvalue weighted by atomic mass is 32.2. The zero-order chi connectivity index (χ0) is 19.4. The molecule has 140 valence electrons. The summed E-state index contributed by atoms with van der Waals surface area (Å²) in [6.45, 7) is 1.69. The number of amides is 1. The first-order valence-corrected chi connectivity index (χ1v) is 8.97. The van der Waals surface area contributed by atoms with Crippen LogP contribution in [0, 0.1) is 6.92 Å². The van der Waals surface area contributed by atoms with Gasteiger partial charge in [-0.25, -0.2) is 4.79 Å². The predicted molar refractivity (Wildman–Crippen MR) is 102 cm³/mol. The Balaban J connectivity index is 2.18. The molecule has 9 heteroatoms. The van der Waals surface area contributed by atoms with E-state index in [1.807, 2.05) is 25.1 Å². The number of aryl methyl sites for hydroxylation is 1. The number of rotatable bonds is 7. The van der Waals surface area contributed by atoms with Gasteiger partial charge < -0.3 is 25.5 Å². The summed E-state index contributed by atoms with van der Waals surface area (Å²) in [5.74, 6) is -1.39. The van der Waals surface area contributed by atoms with Crippen molar-refractivity contribution >= 4 is 40.3 Å². The van der Waals surface area contributed by atoms with Crippen LogP contribution in [0.25, 0.3) is 11.0 Å². The number of thioether (sulfide) groups is 1. The van der Waals surface area contributed by atoms with Crippen LogP contribution in [0.3, 0.4) is 0 Å². The number of carboxylic acid groups (broad SMARTS) is 1. The number of nitrogens with two attached hydrogens (primary N) is 1. The number of nitrogens with zero attached hydrogens (tertiary/aromatic N) is 1. The molecule has 0 saturated heterocycles. The Kier molecular flexibility index (Phi) is 6.27. The van der Waals surface area contributed by atoms with Crippen LogP contribution in [0.4, 0.5) is 5.69 Å². The Morgan fingerprint density at radius 2 is 2.08 bits per heavy atom. The molecule has 4 N–H and O–H groups in total. The third-order valence-electron chi connectivity index (χ3n) is 3.84. The van der Waals surface area contributed by atoms with Crippen molar-refractivity contribution in [2.45, 2.75) is 13.0 Å². The minimum Gasteiger partial charge on any atom is -0.480 e. The van der Waals surface area contributed by atoms with Gasteiger partial charge in [0.25, 0.3) is 5.91 Å². The Morgan fingerprint density at radius 1 is 1.38 bits per heavy atom. The van der Waals surface area contributed by atoms with E-state index in [2.05, 4.69) is 5.32 Å². The molecule has 0 radical (unpaired) electrons. The monoisotopic (exact) mass is 379 g/mol. The van der Waals surface area contributed by atoms with E-state index in [4.69, 9.17) is 15.3 Å². The zero-order valence-corrected chi connectivity index (χ0v) is 15.6. The molecule has 0 fully saturated rings. The van der Waals surface area contributed by atoms with Crippen molar-refractivity contribution in [3.8, 4) is 0 Å². The first-order chi connectivity index (χ1) is 12.2. The summed E-state index contributed by atoms with van der Waals surface area (Å²) in [4.78, 5) is 37.1. The molecule has 26 heavy (non-hydrogen) atoms. The van der Waals surface area contributed by atoms with Gasteiger partial charge in [0.1, 0.15) is 17.2 Å². The second-order valence-corrected chi connectivity index (χ2v) is 6.96. The first-order valence-electron chi connectivity index (χ1n) is 7.81. The fourth-order valence-electron chi connectivity index (χ4n) is 2.35. The molecule has 1 aromatic heterocycles. The Bertz CT molecular complexity index is 894. The van der Waals surface area contributed by atoms with Crippen LogP contribution in [0.1, 0.15) is 15.9 Å². The maximum atomic E-state index is 12.3. The van der Waals surface area contributed by atoms with Crippen LogP contribution in [0.2, 0.25) is 0 Å². The highest BCUT2D eigenvalue weighted by molar-refractivity contribution is 7.99. The lowest BCUT2D eigenvalue weighted by molar-refractivity contribution is -0.137. The standard InChI is InChI=1S/C17H21N3O5S/c1-9-11-5-4-10(20(2)3)6-13(11)25-17(24)14(9)15(21)19-8-26-7-12(18)16(22)23/h4-6,12H,7-8,18H2,1-3H3,(H,19,21)(H,22,23)/t12-/m0/s1. The molecule has 0 aliphatic carbocycles. The number of anilines is 1. The second kappa shape index (κ2) is 8.24. The number of hydrogen-bond acceptors (Lipinski definition) is 7. The van der Waals surface area contributed by atoms with E-state index in [1.54, 1.807) is 19.1 Å². The van der Waals surface area contributed by atoms with Gasteiger partial charge in [-0.05, 0) is 24.6 Å². The van der Waals surface area contributed by atoms with Crippen molar-refractivity contribution in [3.63, 3.8) is 0 Å². The van der Waals surface area contributed by atoms with Crippen LogP contribution in [-0.2, 0) is 4.79 Å². The molecule has 0 saturated carbocycles. The number of aliphatic carboxylic acids is 1. The summed E-state index contributed by atoms with van der Waals surface area (Å²) in [5, 5.41) is 12.0. The Labute approximate surface area is 154 Å². The van der Waals surface area contributed by atoms with Crippen LogP contribution < -0.4 is 21.6 Å². The van der Waals surface area contributed by atoms with Gasteiger partial charge >= 0.3 is 11.6 Å². The lowest BCUT2D eigenvalue weighted by Crippen LogP contribution is -2.34. The number of carbonyl (C=O) groups is 2. The van der Waals surface area contributed by atoms with E-state index < -0.39 is 23.5 Å². The van der Waals surface area contributed by atoms with Gasteiger partial charge in [0.2, 0.25) is 0 Å². The largest absolute Gasteiger partial charge is 0.480 e. The fraction of sp³-hybridized carbons (Fsp3) is 0.353. The van der Waals surface area contributed by atoms with Gasteiger partial charge in [-0.2, -0.15) is 0 Å². The third-order valence-corrected chi connectivity index (χ3v) is 4.79. The van der Waals surface area contributed by atoms with Gasteiger partial charge in [-0.3, -0.25) is 9.59 Å². The molecule has 0 spiro atoms. The predicted octanol–water partition coefficient (Wildman–Crippen LogP) is 1.000. The summed E-state index contributed by atoms with van der Waals surface area (Å²) in [6, 6.07) is 4.42. The van der Waals surface area contributed by atoms with Crippen molar-refractivity contribution in [2.75, 3.05) is 30.6 Å². The molecule has 2 aromatic rings. The summed E-state index contributed by atoms with van der Waals surface area (Å²) in [6.07, 6.45) is 0. The van der Waals surface area contributed by atoms with Gasteiger partial charge in [0.15, 0.2) is 0 Å². The van der Waals surface area contributed by atoms with Crippen molar-refractivity contribution < 1.29 is 19.1 Å².